The molecule has 1 aliphatic heterocycles. The second-order valence-corrected chi connectivity index (χ2v) is 5.14. The van der Waals surface area contributed by atoms with Gasteiger partial charge in [-0.3, -0.25) is 4.79 Å². The van der Waals surface area contributed by atoms with Gasteiger partial charge in [-0.15, -0.1) is 0 Å². The third-order valence-corrected chi connectivity index (χ3v) is 3.63. The first-order valence-corrected chi connectivity index (χ1v) is 7.18. The van der Waals surface area contributed by atoms with E-state index in [1.807, 2.05) is 4.90 Å². The highest BCUT2D eigenvalue weighted by molar-refractivity contribution is 5.94. The lowest BCUT2D eigenvalue weighted by atomic mass is 10.2. The molecule has 1 heterocycles. The Bertz CT molecular complexity index is 452. The van der Waals surface area contributed by atoms with Crippen molar-refractivity contribution in [1.29, 1.82) is 0 Å². The van der Waals surface area contributed by atoms with Crippen molar-refractivity contribution in [3.8, 4) is 0 Å². The van der Waals surface area contributed by atoms with Gasteiger partial charge in [-0.25, -0.2) is 4.39 Å². The molecule has 20 heavy (non-hydrogen) atoms. The molecule has 1 saturated heterocycles. The molecule has 0 unspecified atom stereocenters. The van der Waals surface area contributed by atoms with Gasteiger partial charge in [0.15, 0.2) is 0 Å². The van der Waals surface area contributed by atoms with E-state index in [4.69, 9.17) is 5.73 Å². The Kier molecular flexibility index (Phi) is 5.49. The monoisotopic (exact) mass is 279 g/mol. The van der Waals surface area contributed by atoms with E-state index in [-0.39, 0.29) is 11.7 Å². The van der Waals surface area contributed by atoms with Crippen molar-refractivity contribution >= 4 is 5.91 Å². The van der Waals surface area contributed by atoms with E-state index in [0.29, 0.717) is 18.7 Å². The quantitative estimate of drug-likeness (QED) is 0.904. The van der Waals surface area contributed by atoms with Crippen LogP contribution in [0.3, 0.4) is 0 Å². The van der Waals surface area contributed by atoms with E-state index in [1.54, 1.807) is 12.1 Å². The van der Waals surface area contributed by atoms with E-state index in [1.165, 1.54) is 12.1 Å². The Morgan fingerprint density at radius 1 is 1.25 bits per heavy atom. The summed E-state index contributed by atoms with van der Waals surface area (Å²) in [6, 6.07) is 5.91. The number of carbonyl (C=O) groups excluding carboxylic acids is 1. The van der Waals surface area contributed by atoms with Crippen molar-refractivity contribution in [3.63, 3.8) is 0 Å². The molecule has 0 aliphatic carbocycles. The van der Waals surface area contributed by atoms with Crippen molar-refractivity contribution in [2.45, 2.75) is 12.8 Å². The Labute approximate surface area is 119 Å². The van der Waals surface area contributed by atoms with E-state index < -0.39 is 0 Å². The van der Waals surface area contributed by atoms with E-state index in [0.717, 1.165) is 39.0 Å². The van der Waals surface area contributed by atoms with Gasteiger partial charge in [0.2, 0.25) is 0 Å². The van der Waals surface area contributed by atoms with Crippen molar-refractivity contribution in [2.24, 2.45) is 5.73 Å². The fraction of sp³-hybridized carbons (Fsp3) is 0.533. The molecule has 2 N–H and O–H groups in total. The van der Waals surface area contributed by atoms with Crippen LogP contribution in [0.2, 0.25) is 0 Å². The highest BCUT2D eigenvalue weighted by Crippen LogP contribution is 2.11. The number of nitrogens with zero attached hydrogens (tertiary/aromatic N) is 2. The average Bonchev–Trinajstić information content (AvgIpc) is 2.70. The lowest BCUT2D eigenvalue weighted by Gasteiger charge is -2.22. The van der Waals surface area contributed by atoms with E-state index in [9.17, 15) is 9.18 Å². The topological polar surface area (TPSA) is 49.6 Å². The van der Waals surface area contributed by atoms with Crippen LogP contribution in [0.15, 0.2) is 24.3 Å². The average molecular weight is 279 g/mol. The number of hydrogen-bond donors (Lipinski definition) is 1. The zero-order chi connectivity index (χ0) is 14.4. The molecule has 2 rings (SSSR count). The molecule has 1 fully saturated rings. The lowest BCUT2D eigenvalue weighted by Crippen LogP contribution is -2.35. The summed E-state index contributed by atoms with van der Waals surface area (Å²) in [6.45, 7) is 4.96. The summed E-state index contributed by atoms with van der Waals surface area (Å²) in [6.07, 6.45) is 1.93. The smallest absolute Gasteiger partial charge is 0.254 e. The summed E-state index contributed by atoms with van der Waals surface area (Å²) in [5.74, 6) is -0.444. The van der Waals surface area contributed by atoms with Crippen LogP contribution in [0.4, 0.5) is 4.39 Å². The normalized spacial score (nSPS) is 17.0. The Morgan fingerprint density at radius 2 is 2.10 bits per heavy atom. The molecule has 0 atom stereocenters. The largest absolute Gasteiger partial charge is 0.337 e. The van der Waals surface area contributed by atoms with E-state index in [2.05, 4.69) is 4.90 Å². The van der Waals surface area contributed by atoms with Crippen LogP contribution in [0.5, 0.6) is 0 Å². The molecular weight excluding hydrogens is 257 g/mol. The van der Waals surface area contributed by atoms with Crippen LogP contribution in [0.25, 0.3) is 0 Å². The molecule has 4 nitrogen and oxygen atoms in total. The molecule has 110 valence electrons. The first-order chi connectivity index (χ1) is 9.70. The number of carbonyl (C=O) groups is 1. The maximum absolute atomic E-state index is 13.2. The molecule has 1 amide bonds. The summed E-state index contributed by atoms with van der Waals surface area (Å²) in [7, 11) is 0. The van der Waals surface area contributed by atoms with Gasteiger partial charge in [-0.2, -0.15) is 0 Å². The van der Waals surface area contributed by atoms with Gasteiger partial charge in [0.1, 0.15) is 5.82 Å². The van der Waals surface area contributed by atoms with Gasteiger partial charge >= 0.3 is 0 Å². The summed E-state index contributed by atoms with van der Waals surface area (Å²) in [4.78, 5) is 16.5. The number of amides is 1. The van der Waals surface area contributed by atoms with Gasteiger partial charge in [-0.1, -0.05) is 6.07 Å². The second kappa shape index (κ2) is 7.36. The molecule has 0 radical (unpaired) electrons. The number of benzene rings is 1. The van der Waals surface area contributed by atoms with Crippen LogP contribution in [0, 0.1) is 5.82 Å². The minimum absolute atomic E-state index is 0.0785. The highest BCUT2D eigenvalue weighted by Gasteiger charge is 2.20. The van der Waals surface area contributed by atoms with Crippen molar-refractivity contribution in [1.82, 2.24) is 9.80 Å². The summed E-state index contributed by atoms with van der Waals surface area (Å²) in [5, 5.41) is 0. The van der Waals surface area contributed by atoms with Crippen LogP contribution in [-0.2, 0) is 0 Å². The number of halogens is 1. The zero-order valence-corrected chi connectivity index (χ0v) is 11.7. The van der Waals surface area contributed by atoms with Crippen molar-refractivity contribution in [3.05, 3.63) is 35.6 Å². The molecule has 1 aliphatic rings. The van der Waals surface area contributed by atoms with Gasteiger partial charge in [0, 0.05) is 25.2 Å². The third-order valence-electron chi connectivity index (χ3n) is 3.63. The molecule has 1 aromatic rings. The molecule has 0 saturated carbocycles. The SMILES string of the molecule is NCCCN1CCCN(C(=O)c2cccc(F)c2)CC1. The second-order valence-electron chi connectivity index (χ2n) is 5.14. The van der Waals surface area contributed by atoms with Gasteiger partial charge in [0.25, 0.3) is 5.91 Å². The third kappa shape index (κ3) is 4.02. The van der Waals surface area contributed by atoms with Crippen molar-refractivity contribution < 1.29 is 9.18 Å². The summed E-state index contributed by atoms with van der Waals surface area (Å²) < 4.78 is 13.2. The van der Waals surface area contributed by atoms with Gasteiger partial charge in [0.05, 0.1) is 0 Å². The maximum atomic E-state index is 13.2. The minimum atomic E-state index is -0.366. The molecule has 0 aromatic heterocycles. The van der Waals surface area contributed by atoms with E-state index >= 15 is 0 Å². The van der Waals surface area contributed by atoms with Crippen LogP contribution >= 0.6 is 0 Å². The van der Waals surface area contributed by atoms with Crippen molar-refractivity contribution in [2.75, 3.05) is 39.3 Å². The number of nitrogens with two attached hydrogens (primary N) is 1. The summed E-state index contributed by atoms with van der Waals surface area (Å²) >= 11 is 0. The fourth-order valence-corrected chi connectivity index (χ4v) is 2.52. The molecule has 0 bridgehead atoms. The van der Waals surface area contributed by atoms with Gasteiger partial charge < -0.3 is 15.5 Å². The molecule has 5 heteroatoms. The molecular formula is C15H22FN3O. The number of rotatable bonds is 4. The minimum Gasteiger partial charge on any atom is -0.337 e. The van der Waals surface area contributed by atoms with Gasteiger partial charge in [-0.05, 0) is 50.7 Å². The first kappa shape index (κ1) is 14.9. The van der Waals surface area contributed by atoms with Crippen LogP contribution < -0.4 is 5.73 Å². The van der Waals surface area contributed by atoms with Crippen LogP contribution in [-0.4, -0.2) is 55.0 Å². The molecule has 0 spiro atoms. The number of hydrogen-bond acceptors (Lipinski definition) is 3. The maximum Gasteiger partial charge on any atom is 0.254 e. The predicted octanol–water partition coefficient (Wildman–Crippen LogP) is 1.32. The summed E-state index contributed by atoms with van der Waals surface area (Å²) in [5.41, 5.74) is 5.95. The Morgan fingerprint density at radius 3 is 2.85 bits per heavy atom. The van der Waals surface area contributed by atoms with Crippen LogP contribution in [0.1, 0.15) is 23.2 Å². The standard InChI is InChI=1S/C15H22FN3O/c16-14-5-1-4-13(12-14)15(20)19-9-3-8-18(10-11-19)7-2-6-17/h1,4-5,12H,2-3,6-11,17H2. The fourth-order valence-electron chi connectivity index (χ4n) is 2.52. The first-order valence-electron chi connectivity index (χ1n) is 7.18. The predicted molar refractivity (Wildman–Crippen MR) is 77.0 cm³/mol. The lowest BCUT2D eigenvalue weighted by molar-refractivity contribution is 0.0761. The Hall–Kier alpha value is -1.46. The molecule has 1 aromatic carbocycles. The zero-order valence-electron chi connectivity index (χ0n) is 11.7. The Balaban J connectivity index is 1.94. The highest BCUT2D eigenvalue weighted by atomic mass is 19.1.